The topological polar surface area (TPSA) is 82.1 Å². The number of piperazine rings is 1. The summed E-state index contributed by atoms with van der Waals surface area (Å²) in [7, 11) is 0. The molecule has 2 rings (SSSR count). The van der Waals surface area contributed by atoms with Crippen LogP contribution in [0.1, 0.15) is 61.0 Å². The second-order valence-corrected chi connectivity index (χ2v) is 8.62. The lowest BCUT2D eigenvalue weighted by Crippen LogP contribution is -2.50. The average Bonchev–Trinajstić information content (AvgIpc) is 3.14. The van der Waals surface area contributed by atoms with Gasteiger partial charge in [-0.3, -0.25) is 9.89 Å². The molecule has 1 aliphatic heterocycles. The minimum Gasteiger partial charge on any atom is -0.462 e. The van der Waals surface area contributed by atoms with Crippen molar-refractivity contribution in [3.05, 3.63) is 15.6 Å². The highest BCUT2D eigenvalue weighted by Crippen LogP contribution is 2.24. The predicted octanol–water partition coefficient (Wildman–Crippen LogP) is 2.27. The summed E-state index contributed by atoms with van der Waals surface area (Å²) in [5.41, 5.74) is 0.712. The van der Waals surface area contributed by atoms with Crippen molar-refractivity contribution in [1.82, 2.24) is 25.4 Å². The van der Waals surface area contributed by atoms with Crippen molar-refractivity contribution in [3.8, 4) is 0 Å². The molecule has 9 heteroatoms. The van der Waals surface area contributed by atoms with Crippen molar-refractivity contribution in [2.24, 2.45) is 4.99 Å². The van der Waals surface area contributed by atoms with Crippen LogP contribution in [0.15, 0.2) is 4.99 Å². The van der Waals surface area contributed by atoms with E-state index in [0.29, 0.717) is 23.2 Å². The SMILES string of the molecule is CCNC(=NCC(C)N1CCN(CC)CC1)NC(C)c1nc(C)c(C(=O)OCC)s1. The van der Waals surface area contributed by atoms with Crippen molar-refractivity contribution in [1.29, 1.82) is 0 Å². The van der Waals surface area contributed by atoms with E-state index in [1.807, 2.05) is 20.8 Å². The van der Waals surface area contributed by atoms with Gasteiger partial charge in [-0.1, -0.05) is 6.92 Å². The molecule has 0 spiro atoms. The van der Waals surface area contributed by atoms with Gasteiger partial charge in [-0.2, -0.15) is 0 Å². The quantitative estimate of drug-likeness (QED) is 0.348. The first-order chi connectivity index (χ1) is 14.4. The molecular weight excluding hydrogens is 400 g/mol. The van der Waals surface area contributed by atoms with Crippen LogP contribution in [0.5, 0.6) is 0 Å². The summed E-state index contributed by atoms with van der Waals surface area (Å²) in [4.78, 5) is 27.0. The fourth-order valence-corrected chi connectivity index (χ4v) is 4.40. The molecule has 30 heavy (non-hydrogen) atoms. The Balaban J connectivity index is 1.97. The number of aliphatic imine (C=N–C) groups is 1. The van der Waals surface area contributed by atoms with Gasteiger partial charge in [0.05, 0.1) is 24.9 Å². The molecule has 170 valence electrons. The molecule has 0 saturated carbocycles. The number of guanidine groups is 1. The van der Waals surface area contributed by atoms with Crippen molar-refractivity contribution in [2.45, 2.75) is 53.6 Å². The van der Waals surface area contributed by atoms with Gasteiger partial charge in [-0.25, -0.2) is 9.78 Å². The number of nitrogens with zero attached hydrogens (tertiary/aromatic N) is 4. The number of likely N-dealkylation sites (N-methyl/N-ethyl adjacent to an activating group) is 1. The summed E-state index contributed by atoms with van der Waals surface area (Å²) in [6, 6.07) is 0.338. The van der Waals surface area contributed by atoms with E-state index in [9.17, 15) is 4.79 Å². The monoisotopic (exact) mass is 438 g/mol. The van der Waals surface area contributed by atoms with Gasteiger partial charge in [0.15, 0.2) is 5.96 Å². The smallest absolute Gasteiger partial charge is 0.350 e. The minimum atomic E-state index is -0.302. The zero-order chi connectivity index (χ0) is 22.1. The highest BCUT2D eigenvalue weighted by atomic mass is 32.1. The molecule has 2 atom stereocenters. The molecule has 0 aromatic carbocycles. The third-order valence-electron chi connectivity index (χ3n) is 5.33. The Morgan fingerprint density at radius 2 is 1.93 bits per heavy atom. The third kappa shape index (κ3) is 6.92. The molecule has 0 aliphatic carbocycles. The number of aromatic nitrogens is 1. The summed E-state index contributed by atoms with van der Waals surface area (Å²) in [6.45, 7) is 19.7. The van der Waals surface area contributed by atoms with Crippen LogP contribution in [0.2, 0.25) is 0 Å². The zero-order valence-corrected chi connectivity index (χ0v) is 20.1. The van der Waals surface area contributed by atoms with Crippen molar-refractivity contribution in [2.75, 3.05) is 52.4 Å². The maximum Gasteiger partial charge on any atom is 0.350 e. The van der Waals surface area contributed by atoms with Crippen LogP contribution in [0.4, 0.5) is 0 Å². The number of carbonyl (C=O) groups excluding carboxylic acids is 1. The van der Waals surface area contributed by atoms with Gasteiger partial charge < -0.3 is 20.3 Å². The molecule has 1 aliphatic rings. The van der Waals surface area contributed by atoms with Crippen molar-refractivity contribution < 1.29 is 9.53 Å². The Bertz CT molecular complexity index is 700. The fourth-order valence-electron chi connectivity index (χ4n) is 3.43. The first kappa shape index (κ1) is 24.6. The van der Waals surface area contributed by atoms with E-state index >= 15 is 0 Å². The van der Waals surface area contributed by atoms with E-state index in [4.69, 9.17) is 9.73 Å². The van der Waals surface area contributed by atoms with E-state index in [-0.39, 0.29) is 12.0 Å². The number of hydrogen-bond donors (Lipinski definition) is 2. The number of nitrogens with one attached hydrogen (secondary N) is 2. The number of aryl methyl sites for hydroxylation is 1. The molecule has 2 unspecified atom stereocenters. The van der Waals surface area contributed by atoms with Gasteiger partial charge in [-0.05, 0) is 41.2 Å². The lowest BCUT2D eigenvalue weighted by molar-refractivity contribution is 0.0531. The molecule has 1 fully saturated rings. The standard InChI is InChI=1S/C21H38N6O2S/c1-7-22-21(23-14-15(4)27-12-10-26(8-2)11-13-27)25-17(6)19-24-16(5)18(30-19)20(28)29-9-3/h15,17H,7-14H2,1-6H3,(H2,22,23,25). The van der Waals surface area contributed by atoms with Crippen molar-refractivity contribution in [3.63, 3.8) is 0 Å². The molecule has 1 saturated heterocycles. The van der Waals surface area contributed by atoms with Gasteiger partial charge in [0.25, 0.3) is 0 Å². The normalized spacial score (nSPS) is 18.1. The van der Waals surface area contributed by atoms with E-state index in [0.717, 1.165) is 56.8 Å². The van der Waals surface area contributed by atoms with Crippen LogP contribution in [0.25, 0.3) is 0 Å². The number of esters is 1. The zero-order valence-electron chi connectivity index (χ0n) is 19.3. The van der Waals surface area contributed by atoms with E-state index in [1.165, 1.54) is 11.3 Å². The molecular formula is C21H38N6O2S. The first-order valence-electron chi connectivity index (χ1n) is 11.0. The average molecular weight is 439 g/mol. The second kappa shape index (κ2) is 12.2. The molecule has 1 aromatic rings. The molecule has 0 bridgehead atoms. The molecule has 1 aromatic heterocycles. The van der Waals surface area contributed by atoms with E-state index in [2.05, 4.69) is 46.2 Å². The summed E-state index contributed by atoms with van der Waals surface area (Å²) in [5.74, 6) is 0.470. The Morgan fingerprint density at radius 1 is 1.23 bits per heavy atom. The first-order valence-corrected chi connectivity index (χ1v) is 11.9. The number of ether oxygens (including phenoxy) is 1. The number of hydrogen-bond acceptors (Lipinski definition) is 7. The maximum absolute atomic E-state index is 12.1. The highest BCUT2D eigenvalue weighted by molar-refractivity contribution is 7.13. The van der Waals surface area contributed by atoms with Crippen LogP contribution in [-0.4, -0.2) is 85.2 Å². The Hall–Kier alpha value is -1.71. The van der Waals surface area contributed by atoms with E-state index < -0.39 is 0 Å². The Morgan fingerprint density at radius 3 is 2.53 bits per heavy atom. The van der Waals surface area contributed by atoms with Gasteiger partial charge in [0.1, 0.15) is 9.88 Å². The van der Waals surface area contributed by atoms with Gasteiger partial charge in [-0.15, -0.1) is 11.3 Å². The number of rotatable bonds is 9. The van der Waals surface area contributed by atoms with E-state index in [1.54, 1.807) is 0 Å². The molecule has 0 radical (unpaired) electrons. The second-order valence-electron chi connectivity index (χ2n) is 7.59. The third-order valence-corrected chi connectivity index (χ3v) is 6.65. The Kier molecular flexibility index (Phi) is 10.0. The van der Waals surface area contributed by atoms with Crippen LogP contribution in [-0.2, 0) is 4.74 Å². The summed E-state index contributed by atoms with van der Waals surface area (Å²) < 4.78 is 5.13. The number of carbonyl (C=O) groups is 1. The van der Waals surface area contributed by atoms with Gasteiger partial charge in [0.2, 0.25) is 0 Å². The van der Waals surface area contributed by atoms with Crippen LogP contribution in [0.3, 0.4) is 0 Å². The molecule has 2 heterocycles. The molecule has 2 N–H and O–H groups in total. The van der Waals surface area contributed by atoms with Crippen LogP contribution in [0, 0.1) is 6.92 Å². The summed E-state index contributed by atoms with van der Waals surface area (Å²) in [6.07, 6.45) is 0. The van der Waals surface area contributed by atoms with Crippen LogP contribution < -0.4 is 10.6 Å². The lowest BCUT2D eigenvalue weighted by atomic mass is 10.2. The fraction of sp³-hybridized carbons (Fsp3) is 0.762. The predicted molar refractivity (Wildman–Crippen MR) is 123 cm³/mol. The minimum absolute atomic E-state index is 0.0573. The maximum atomic E-state index is 12.1. The van der Waals surface area contributed by atoms with Crippen molar-refractivity contribution >= 4 is 23.3 Å². The summed E-state index contributed by atoms with van der Waals surface area (Å²) in [5, 5.41) is 7.60. The van der Waals surface area contributed by atoms with Crippen LogP contribution >= 0.6 is 11.3 Å². The van der Waals surface area contributed by atoms with Gasteiger partial charge in [0, 0.05) is 38.8 Å². The number of thiazole rings is 1. The molecule has 0 amide bonds. The largest absolute Gasteiger partial charge is 0.462 e. The summed E-state index contributed by atoms with van der Waals surface area (Å²) >= 11 is 1.38. The highest BCUT2D eigenvalue weighted by Gasteiger charge is 2.22. The van der Waals surface area contributed by atoms with Gasteiger partial charge >= 0.3 is 5.97 Å². The lowest BCUT2D eigenvalue weighted by Gasteiger charge is -2.37. The Labute approximate surface area is 185 Å². The molecule has 8 nitrogen and oxygen atoms in total.